The van der Waals surface area contributed by atoms with Crippen molar-refractivity contribution in [2.24, 2.45) is 0 Å². The van der Waals surface area contributed by atoms with Gasteiger partial charge in [0.25, 0.3) is 0 Å². The van der Waals surface area contributed by atoms with E-state index in [1.54, 1.807) is 32.5 Å². The summed E-state index contributed by atoms with van der Waals surface area (Å²) in [6.45, 7) is 2.79. The van der Waals surface area contributed by atoms with E-state index in [1.165, 1.54) is 12.3 Å². The van der Waals surface area contributed by atoms with Gasteiger partial charge in [0.05, 0.1) is 16.1 Å². The average Bonchev–Trinajstić information content (AvgIpc) is 3.06. The van der Waals surface area contributed by atoms with Crippen LogP contribution in [0.2, 0.25) is 5.02 Å². The van der Waals surface area contributed by atoms with Gasteiger partial charge in [-0.05, 0) is 53.4 Å². The van der Waals surface area contributed by atoms with Gasteiger partial charge in [0, 0.05) is 44.7 Å². The van der Waals surface area contributed by atoms with Crippen LogP contribution in [0, 0.1) is 18.3 Å². The zero-order valence-electron chi connectivity index (χ0n) is 24.5. The van der Waals surface area contributed by atoms with E-state index in [0.717, 1.165) is 22.3 Å². The van der Waals surface area contributed by atoms with Crippen molar-refractivity contribution in [2.45, 2.75) is 39.0 Å². The Bertz CT molecular complexity index is 1680. The molecule has 2 heterocycles. The largest absolute Gasteiger partial charge is 0.488 e. The Morgan fingerprint density at radius 1 is 1.05 bits per heavy atom. The maximum absolute atomic E-state index is 11.7. The van der Waals surface area contributed by atoms with Gasteiger partial charge in [-0.2, -0.15) is 5.26 Å². The van der Waals surface area contributed by atoms with Crippen molar-refractivity contribution in [3.63, 3.8) is 0 Å². The molecule has 0 spiro atoms. The summed E-state index contributed by atoms with van der Waals surface area (Å²) in [6.07, 6.45) is 3.70. The van der Waals surface area contributed by atoms with Crippen molar-refractivity contribution >= 4 is 17.9 Å². The van der Waals surface area contributed by atoms with Crippen LogP contribution in [0.25, 0.3) is 11.1 Å². The molecule has 5 rings (SSSR count). The molecule has 0 saturated heterocycles. The molecular weight excluding hydrogens is 584 g/mol. The molecule has 9 nitrogen and oxygen atoms in total. The SMILES string of the molecule is COC(CC1COc2ccc(-c3cccc(COc4cc(OCc5cncc(C#N)c5)c(C=O)cc4Cl)c3C)cc2O1)OC. The molecule has 4 aromatic rings. The third kappa shape index (κ3) is 7.12. The smallest absolute Gasteiger partial charge is 0.162 e. The number of aromatic nitrogens is 1. The summed E-state index contributed by atoms with van der Waals surface area (Å²) < 4.78 is 34.8. The third-order valence-electron chi connectivity index (χ3n) is 7.29. The van der Waals surface area contributed by atoms with Gasteiger partial charge in [0.15, 0.2) is 24.1 Å². The Labute approximate surface area is 260 Å². The molecule has 44 heavy (non-hydrogen) atoms. The number of rotatable bonds is 12. The minimum Gasteiger partial charge on any atom is -0.488 e. The summed E-state index contributed by atoms with van der Waals surface area (Å²) in [5.74, 6) is 2.03. The lowest BCUT2D eigenvalue weighted by Crippen LogP contribution is -2.33. The zero-order chi connectivity index (χ0) is 31.1. The van der Waals surface area contributed by atoms with Crippen LogP contribution in [-0.2, 0) is 22.7 Å². The van der Waals surface area contributed by atoms with Crippen LogP contribution in [0.4, 0.5) is 0 Å². The monoisotopic (exact) mass is 614 g/mol. The fourth-order valence-electron chi connectivity index (χ4n) is 4.88. The molecular formula is C34H31ClN2O7. The molecule has 0 bridgehead atoms. The van der Waals surface area contributed by atoms with E-state index < -0.39 is 0 Å². The van der Waals surface area contributed by atoms with Crippen LogP contribution in [0.5, 0.6) is 23.0 Å². The van der Waals surface area contributed by atoms with Gasteiger partial charge in [-0.3, -0.25) is 9.78 Å². The summed E-state index contributed by atoms with van der Waals surface area (Å²) in [7, 11) is 3.20. The number of nitrogens with zero attached hydrogens (tertiary/aromatic N) is 2. The van der Waals surface area contributed by atoms with Gasteiger partial charge in [-0.15, -0.1) is 0 Å². The van der Waals surface area contributed by atoms with Crippen LogP contribution in [-0.4, -0.2) is 44.5 Å². The average molecular weight is 615 g/mol. The van der Waals surface area contributed by atoms with Crippen molar-refractivity contribution in [3.05, 3.63) is 99.8 Å². The van der Waals surface area contributed by atoms with E-state index in [9.17, 15) is 4.79 Å². The number of aldehydes is 1. The van der Waals surface area contributed by atoms with E-state index in [-0.39, 0.29) is 36.2 Å². The maximum atomic E-state index is 11.7. The minimum atomic E-state index is -0.378. The van der Waals surface area contributed by atoms with Crippen LogP contribution < -0.4 is 18.9 Å². The molecule has 1 unspecified atom stereocenters. The number of pyridine rings is 1. The first-order chi connectivity index (χ1) is 21.4. The van der Waals surface area contributed by atoms with Crippen LogP contribution in [0.15, 0.2) is 67.0 Å². The van der Waals surface area contributed by atoms with E-state index in [1.807, 2.05) is 49.4 Å². The first-order valence-electron chi connectivity index (χ1n) is 13.9. The fourth-order valence-corrected chi connectivity index (χ4v) is 5.10. The Balaban J connectivity index is 1.31. The summed E-state index contributed by atoms with van der Waals surface area (Å²) in [4.78, 5) is 15.8. The molecule has 1 aliphatic rings. The second-order valence-corrected chi connectivity index (χ2v) is 10.6. The molecule has 226 valence electrons. The summed E-state index contributed by atoms with van der Waals surface area (Å²) in [6, 6.07) is 18.7. The number of fused-ring (bicyclic) bond motifs is 1. The number of nitriles is 1. The fraction of sp³-hybridized carbons (Fsp3) is 0.265. The maximum Gasteiger partial charge on any atom is 0.162 e. The molecule has 1 aromatic heterocycles. The number of ether oxygens (including phenoxy) is 6. The predicted molar refractivity (Wildman–Crippen MR) is 163 cm³/mol. The number of methoxy groups -OCH3 is 2. The molecule has 0 amide bonds. The molecule has 0 radical (unpaired) electrons. The van der Waals surface area contributed by atoms with Crippen LogP contribution in [0.3, 0.4) is 0 Å². The van der Waals surface area contributed by atoms with Crippen LogP contribution in [0.1, 0.15) is 39.0 Å². The lowest BCUT2D eigenvalue weighted by atomic mass is 9.96. The molecule has 3 aromatic carbocycles. The molecule has 0 N–H and O–H groups in total. The number of carbonyl (C=O) groups is 1. The first-order valence-corrected chi connectivity index (χ1v) is 14.3. The number of carbonyl (C=O) groups excluding carboxylic acids is 1. The topological polar surface area (TPSA) is 109 Å². The van der Waals surface area contributed by atoms with Crippen LogP contribution >= 0.6 is 11.6 Å². The Hall–Kier alpha value is -4.62. The Kier molecular flexibility index (Phi) is 9.97. The first kappa shape index (κ1) is 30.8. The summed E-state index contributed by atoms with van der Waals surface area (Å²) in [5, 5.41) is 9.41. The second-order valence-electron chi connectivity index (χ2n) is 10.1. The number of hydrogen-bond donors (Lipinski definition) is 0. The van der Waals surface area contributed by atoms with Crippen molar-refractivity contribution in [3.8, 4) is 40.2 Å². The molecule has 0 aliphatic carbocycles. The third-order valence-corrected chi connectivity index (χ3v) is 7.59. The van der Waals surface area contributed by atoms with Crippen molar-refractivity contribution in [1.29, 1.82) is 5.26 Å². The van der Waals surface area contributed by atoms with Gasteiger partial charge in [-0.1, -0.05) is 35.9 Å². The van der Waals surface area contributed by atoms with Gasteiger partial charge in [0.1, 0.15) is 43.5 Å². The van der Waals surface area contributed by atoms with Crippen molar-refractivity contribution < 1.29 is 33.2 Å². The molecule has 10 heteroatoms. The lowest BCUT2D eigenvalue weighted by Gasteiger charge is -2.29. The van der Waals surface area contributed by atoms with E-state index in [2.05, 4.69) is 4.98 Å². The highest BCUT2D eigenvalue weighted by molar-refractivity contribution is 6.32. The van der Waals surface area contributed by atoms with E-state index in [0.29, 0.717) is 53.4 Å². The summed E-state index contributed by atoms with van der Waals surface area (Å²) >= 11 is 6.47. The number of benzene rings is 3. The highest BCUT2D eigenvalue weighted by Crippen LogP contribution is 2.38. The van der Waals surface area contributed by atoms with Gasteiger partial charge in [0.2, 0.25) is 0 Å². The van der Waals surface area contributed by atoms with Crippen molar-refractivity contribution in [1.82, 2.24) is 4.98 Å². The van der Waals surface area contributed by atoms with Crippen molar-refractivity contribution in [2.75, 3.05) is 20.8 Å². The molecule has 1 aliphatic heterocycles. The summed E-state index contributed by atoms with van der Waals surface area (Å²) in [5.41, 5.74) is 5.37. The standard InChI is InChI=1S/C34H31ClN2O7/c1-21-25(5-4-6-28(21)24-7-8-30-33(11-24)44-27(20-43-30)12-34(39-2)40-3)19-42-32-13-31(26(17-38)10-29(32)35)41-18-23-9-22(14-36)15-37-16-23/h4-11,13,15-17,27,34H,12,18-20H2,1-3H3. The van der Waals surface area contributed by atoms with Gasteiger partial charge < -0.3 is 28.4 Å². The highest BCUT2D eigenvalue weighted by atomic mass is 35.5. The highest BCUT2D eigenvalue weighted by Gasteiger charge is 2.25. The van der Waals surface area contributed by atoms with Gasteiger partial charge in [-0.25, -0.2) is 0 Å². The molecule has 0 fully saturated rings. The molecule has 1 atom stereocenters. The quantitative estimate of drug-likeness (QED) is 0.127. The normalized spacial score (nSPS) is 13.8. The number of hydrogen-bond acceptors (Lipinski definition) is 9. The second kappa shape index (κ2) is 14.2. The predicted octanol–water partition coefficient (Wildman–Crippen LogP) is 6.70. The minimum absolute atomic E-state index is 0.112. The number of halogens is 1. The van der Waals surface area contributed by atoms with E-state index >= 15 is 0 Å². The van der Waals surface area contributed by atoms with E-state index in [4.69, 9.17) is 45.3 Å². The zero-order valence-corrected chi connectivity index (χ0v) is 25.3. The Morgan fingerprint density at radius 2 is 1.86 bits per heavy atom. The molecule has 0 saturated carbocycles. The Morgan fingerprint density at radius 3 is 2.64 bits per heavy atom. The lowest BCUT2D eigenvalue weighted by molar-refractivity contribution is -0.124. The van der Waals surface area contributed by atoms with Gasteiger partial charge >= 0.3 is 0 Å².